The quantitative estimate of drug-likeness (QED) is 0.696. The first-order valence-corrected chi connectivity index (χ1v) is 10.5. The zero-order valence-corrected chi connectivity index (χ0v) is 18.5. The molecule has 0 radical (unpaired) electrons. The Morgan fingerprint density at radius 2 is 2.10 bits per heavy atom. The number of carbonyl (C=O) groups excluding carboxylic acids is 2. The van der Waals surface area contributed by atoms with E-state index in [4.69, 9.17) is 4.74 Å². The lowest BCUT2D eigenvalue weighted by molar-refractivity contribution is -0.144. The molecule has 7 heteroatoms. The van der Waals surface area contributed by atoms with Gasteiger partial charge in [0.25, 0.3) is 5.91 Å². The van der Waals surface area contributed by atoms with Gasteiger partial charge in [0.1, 0.15) is 11.4 Å². The summed E-state index contributed by atoms with van der Waals surface area (Å²) in [5.41, 5.74) is 0.769. The molecule has 0 saturated heterocycles. The highest BCUT2D eigenvalue weighted by molar-refractivity contribution is 5.99. The van der Waals surface area contributed by atoms with Crippen LogP contribution in [0.5, 0.6) is 0 Å². The second kappa shape index (κ2) is 8.50. The Balaban J connectivity index is 1.82. The average molecular weight is 413 g/mol. The van der Waals surface area contributed by atoms with E-state index in [0.717, 1.165) is 12.8 Å². The van der Waals surface area contributed by atoms with Gasteiger partial charge in [-0.2, -0.15) is 5.10 Å². The van der Waals surface area contributed by atoms with Gasteiger partial charge < -0.3 is 15.4 Å². The fraction of sp³-hybridized carbons (Fsp3) is 0.522. The molecule has 1 amide bonds. The number of aromatic nitrogens is 2. The summed E-state index contributed by atoms with van der Waals surface area (Å²) in [5, 5.41) is 11.0. The molecule has 0 bridgehead atoms. The van der Waals surface area contributed by atoms with Crippen molar-refractivity contribution >= 4 is 17.7 Å². The predicted octanol–water partition coefficient (Wildman–Crippen LogP) is 3.71. The van der Waals surface area contributed by atoms with Crippen LogP contribution in [-0.2, 0) is 15.1 Å². The monoisotopic (exact) mass is 412 g/mol. The first-order chi connectivity index (χ1) is 14.1. The molecule has 1 atom stereocenters. The summed E-state index contributed by atoms with van der Waals surface area (Å²) in [4.78, 5) is 25.0. The standard InChI is InChI=1S/C23H32N4O3/c1-6-30-19(28)14-22(2,3)26-21(29)17-15-24-27-20(17)25-18(13-23(27,4)5)16-11-9-7-8-10-12-16/h7-11,15,18,25H,6,12-14H2,1-5H3,(H,26,29). The van der Waals surface area contributed by atoms with Crippen LogP contribution in [0, 0.1) is 0 Å². The normalized spacial score (nSPS) is 19.9. The molecule has 0 fully saturated rings. The van der Waals surface area contributed by atoms with Crippen LogP contribution >= 0.6 is 0 Å². The SMILES string of the molecule is CCOC(=O)CC(C)(C)NC(=O)c1cnn2c1NC(C1=CC=CC=CC1)CC2(C)C. The van der Waals surface area contributed by atoms with Crippen molar-refractivity contribution in [2.45, 2.75) is 71.0 Å². The molecule has 1 aliphatic carbocycles. The Bertz CT molecular complexity index is 906. The first-order valence-electron chi connectivity index (χ1n) is 10.5. The lowest BCUT2D eigenvalue weighted by atomic mass is 9.87. The summed E-state index contributed by atoms with van der Waals surface area (Å²) < 4.78 is 6.91. The molecule has 0 aromatic carbocycles. The van der Waals surface area contributed by atoms with E-state index in [-0.39, 0.29) is 29.9 Å². The molecule has 1 aromatic heterocycles. The molecule has 1 aliphatic heterocycles. The van der Waals surface area contributed by atoms with Crippen LogP contribution in [0.3, 0.4) is 0 Å². The molecule has 3 rings (SSSR count). The van der Waals surface area contributed by atoms with Crippen molar-refractivity contribution in [1.29, 1.82) is 0 Å². The predicted molar refractivity (Wildman–Crippen MR) is 117 cm³/mol. The number of ether oxygens (including phenoxy) is 1. The highest BCUT2D eigenvalue weighted by Crippen LogP contribution is 2.37. The Morgan fingerprint density at radius 3 is 2.83 bits per heavy atom. The third-order valence-corrected chi connectivity index (χ3v) is 5.42. The fourth-order valence-corrected chi connectivity index (χ4v) is 3.98. The summed E-state index contributed by atoms with van der Waals surface area (Å²) in [6, 6.07) is 0.107. The number of anilines is 1. The minimum atomic E-state index is -0.735. The third-order valence-electron chi connectivity index (χ3n) is 5.42. The summed E-state index contributed by atoms with van der Waals surface area (Å²) in [5.74, 6) is 0.114. The molecule has 7 nitrogen and oxygen atoms in total. The van der Waals surface area contributed by atoms with Gasteiger partial charge in [0, 0.05) is 5.54 Å². The van der Waals surface area contributed by atoms with Gasteiger partial charge in [0.15, 0.2) is 0 Å². The zero-order valence-electron chi connectivity index (χ0n) is 18.5. The molecular weight excluding hydrogens is 380 g/mol. The zero-order chi connectivity index (χ0) is 21.9. The highest BCUT2D eigenvalue weighted by atomic mass is 16.5. The number of fused-ring (bicyclic) bond motifs is 1. The van der Waals surface area contributed by atoms with Crippen molar-refractivity contribution in [2.24, 2.45) is 0 Å². The molecule has 1 unspecified atom stereocenters. The Hall–Kier alpha value is -2.83. The van der Waals surface area contributed by atoms with Crippen LogP contribution in [-0.4, -0.2) is 39.8 Å². The summed E-state index contributed by atoms with van der Waals surface area (Å²) in [7, 11) is 0. The van der Waals surface area contributed by atoms with Crippen molar-refractivity contribution in [2.75, 3.05) is 11.9 Å². The second-order valence-corrected chi connectivity index (χ2v) is 9.11. The smallest absolute Gasteiger partial charge is 0.308 e. The van der Waals surface area contributed by atoms with Gasteiger partial charge in [-0.3, -0.25) is 9.59 Å². The van der Waals surface area contributed by atoms with Gasteiger partial charge in [-0.25, -0.2) is 4.68 Å². The van der Waals surface area contributed by atoms with E-state index in [0.29, 0.717) is 18.0 Å². The summed E-state index contributed by atoms with van der Waals surface area (Å²) >= 11 is 0. The number of hydrogen-bond acceptors (Lipinski definition) is 5. The van der Waals surface area contributed by atoms with E-state index < -0.39 is 5.54 Å². The van der Waals surface area contributed by atoms with Crippen LogP contribution in [0.2, 0.25) is 0 Å². The van der Waals surface area contributed by atoms with E-state index in [1.807, 2.05) is 36.8 Å². The minimum Gasteiger partial charge on any atom is -0.466 e. The van der Waals surface area contributed by atoms with Crippen LogP contribution in [0.1, 0.15) is 64.2 Å². The summed E-state index contributed by atoms with van der Waals surface area (Å²) in [6.07, 6.45) is 13.8. The highest BCUT2D eigenvalue weighted by Gasteiger charge is 2.38. The number of nitrogens with one attached hydrogen (secondary N) is 2. The van der Waals surface area contributed by atoms with E-state index in [2.05, 4.69) is 41.7 Å². The molecular formula is C23H32N4O3. The first kappa shape index (κ1) is 21.9. The van der Waals surface area contributed by atoms with Crippen molar-refractivity contribution in [3.8, 4) is 0 Å². The second-order valence-electron chi connectivity index (χ2n) is 9.11. The van der Waals surface area contributed by atoms with Crippen LogP contribution in [0.25, 0.3) is 0 Å². The molecule has 2 N–H and O–H groups in total. The van der Waals surface area contributed by atoms with Crippen molar-refractivity contribution in [1.82, 2.24) is 15.1 Å². The molecule has 0 spiro atoms. The Labute approximate surface area is 178 Å². The van der Waals surface area contributed by atoms with Crippen molar-refractivity contribution in [3.63, 3.8) is 0 Å². The van der Waals surface area contributed by atoms with Gasteiger partial charge >= 0.3 is 5.97 Å². The molecule has 162 valence electrons. The number of amides is 1. The van der Waals surface area contributed by atoms with Gasteiger partial charge in [0.05, 0.1) is 30.8 Å². The lowest BCUT2D eigenvalue weighted by Gasteiger charge is -2.39. The molecule has 0 saturated carbocycles. The van der Waals surface area contributed by atoms with Gasteiger partial charge in [0.2, 0.25) is 0 Å². The minimum absolute atomic E-state index is 0.100. The van der Waals surface area contributed by atoms with Gasteiger partial charge in [-0.15, -0.1) is 0 Å². The van der Waals surface area contributed by atoms with Crippen molar-refractivity contribution < 1.29 is 14.3 Å². The molecule has 30 heavy (non-hydrogen) atoms. The number of rotatable bonds is 6. The third kappa shape index (κ3) is 4.83. The fourth-order valence-electron chi connectivity index (χ4n) is 3.98. The van der Waals surface area contributed by atoms with E-state index in [1.165, 1.54) is 5.57 Å². The van der Waals surface area contributed by atoms with Crippen LogP contribution in [0.4, 0.5) is 5.82 Å². The summed E-state index contributed by atoms with van der Waals surface area (Å²) in [6.45, 7) is 9.97. The Morgan fingerprint density at radius 1 is 1.33 bits per heavy atom. The van der Waals surface area contributed by atoms with Crippen molar-refractivity contribution in [3.05, 3.63) is 47.7 Å². The maximum atomic E-state index is 13.1. The maximum Gasteiger partial charge on any atom is 0.308 e. The number of esters is 1. The molecule has 2 heterocycles. The number of allylic oxidation sites excluding steroid dienone is 5. The molecule has 2 aliphatic rings. The number of carbonyl (C=O) groups is 2. The van der Waals surface area contributed by atoms with E-state index >= 15 is 0 Å². The van der Waals surface area contributed by atoms with Crippen LogP contribution < -0.4 is 10.6 Å². The maximum absolute atomic E-state index is 13.1. The number of nitrogens with zero attached hydrogens (tertiary/aromatic N) is 2. The topological polar surface area (TPSA) is 85.2 Å². The van der Waals surface area contributed by atoms with E-state index in [1.54, 1.807) is 13.1 Å². The number of hydrogen-bond donors (Lipinski definition) is 2. The largest absolute Gasteiger partial charge is 0.466 e. The lowest BCUT2D eigenvalue weighted by Crippen LogP contribution is -2.46. The molecule has 1 aromatic rings. The van der Waals surface area contributed by atoms with Gasteiger partial charge in [-0.05, 0) is 53.0 Å². The van der Waals surface area contributed by atoms with Gasteiger partial charge in [-0.1, -0.05) is 30.4 Å². The van der Waals surface area contributed by atoms with Crippen LogP contribution in [0.15, 0.2) is 42.2 Å². The Kier molecular flexibility index (Phi) is 6.19. The average Bonchev–Trinajstić information content (AvgIpc) is 2.89. The van der Waals surface area contributed by atoms with E-state index in [9.17, 15) is 9.59 Å².